The lowest BCUT2D eigenvalue weighted by atomic mass is 9.95. The van der Waals surface area contributed by atoms with Crippen LogP contribution in [0.3, 0.4) is 0 Å². The van der Waals surface area contributed by atoms with Crippen molar-refractivity contribution in [2.45, 2.75) is 11.8 Å². The molecule has 0 unspecified atom stereocenters. The number of benzene rings is 1. The monoisotopic (exact) mass is 192 g/mol. The highest BCUT2D eigenvalue weighted by Gasteiger charge is 2.66. The number of carbonyl (C=O) groups is 1. The largest absolute Gasteiger partial charge is 0.465 e. The number of hydrogen-bond acceptors (Lipinski definition) is 2. The van der Waals surface area contributed by atoms with Crippen molar-refractivity contribution in [1.29, 1.82) is 0 Å². The molecule has 0 spiro atoms. The number of fused-ring (bicyclic) bond motifs is 1. The van der Waals surface area contributed by atoms with Crippen molar-refractivity contribution in [2.75, 3.05) is 6.61 Å². The highest BCUT2D eigenvalue weighted by atomic mass is 19.1. The summed E-state index contributed by atoms with van der Waals surface area (Å²) >= 11 is 0. The third kappa shape index (κ3) is 0.820. The Morgan fingerprint density at radius 3 is 2.93 bits per heavy atom. The van der Waals surface area contributed by atoms with Gasteiger partial charge in [-0.05, 0) is 24.1 Å². The molecule has 1 aromatic carbocycles. The predicted octanol–water partition coefficient (Wildman–Crippen LogP) is 1.64. The van der Waals surface area contributed by atoms with Gasteiger partial charge >= 0.3 is 5.97 Å². The van der Waals surface area contributed by atoms with E-state index in [0.717, 1.165) is 12.0 Å². The van der Waals surface area contributed by atoms with E-state index in [9.17, 15) is 9.18 Å². The quantitative estimate of drug-likeness (QED) is 0.632. The second kappa shape index (κ2) is 2.35. The van der Waals surface area contributed by atoms with Crippen LogP contribution in [-0.4, -0.2) is 12.6 Å². The second-order valence-electron chi connectivity index (χ2n) is 3.98. The fourth-order valence-corrected chi connectivity index (χ4v) is 2.32. The molecule has 72 valence electrons. The topological polar surface area (TPSA) is 26.3 Å². The zero-order chi connectivity index (χ0) is 9.76. The van der Waals surface area contributed by atoms with Crippen LogP contribution in [0, 0.1) is 11.7 Å². The lowest BCUT2D eigenvalue weighted by Crippen LogP contribution is -2.18. The normalized spacial score (nSPS) is 33.8. The van der Waals surface area contributed by atoms with Gasteiger partial charge in [0, 0.05) is 5.92 Å². The summed E-state index contributed by atoms with van der Waals surface area (Å²) in [7, 11) is 0. The molecule has 1 saturated carbocycles. The molecule has 0 N–H and O–H groups in total. The first-order valence-electron chi connectivity index (χ1n) is 4.67. The first-order chi connectivity index (χ1) is 6.73. The molecule has 0 amide bonds. The minimum atomic E-state index is -0.498. The summed E-state index contributed by atoms with van der Waals surface area (Å²) in [6.07, 6.45) is 0.815. The Kier molecular flexibility index (Phi) is 1.34. The average molecular weight is 192 g/mol. The molecule has 2 aliphatic rings. The van der Waals surface area contributed by atoms with Gasteiger partial charge in [0.05, 0.1) is 12.0 Å². The molecular weight excluding hydrogens is 183 g/mol. The molecule has 2 nitrogen and oxygen atoms in total. The van der Waals surface area contributed by atoms with Crippen LogP contribution in [0.15, 0.2) is 24.3 Å². The van der Waals surface area contributed by atoms with Crippen LogP contribution in [0.2, 0.25) is 0 Å². The predicted molar refractivity (Wildman–Crippen MR) is 47.1 cm³/mol. The van der Waals surface area contributed by atoms with Crippen molar-refractivity contribution in [3.05, 3.63) is 35.6 Å². The van der Waals surface area contributed by atoms with Crippen LogP contribution in [0.5, 0.6) is 0 Å². The van der Waals surface area contributed by atoms with E-state index in [1.165, 1.54) is 12.1 Å². The maximum absolute atomic E-state index is 13.0. The molecule has 0 bridgehead atoms. The first-order valence-corrected chi connectivity index (χ1v) is 4.67. The average Bonchev–Trinajstić information content (AvgIpc) is 2.83. The fraction of sp³-hybridized carbons (Fsp3) is 0.364. The van der Waals surface area contributed by atoms with Crippen LogP contribution in [0.4, 0.5) is 4.39 Å². The maximum Gasteiger partial charge on any atom is 0.317 e. The Morgan fingerprint density at radius 2 is 2.36 bits per heavy atom. The summed E-state index contributed by atoms with van der Waals surface area (Å²) in [5.74, 6) is -0.202. The van der Waals surface area contributed by atoms with Gasteiger partial charge in [0.1, 0.15) is 5.82 Å². The van der Waals surface area contributed by atoms with Gasteiger partial charge < -0.3 is 4.74 Å². The molecule has 0 aromatic heterocycles. The van der Waals surface area contributed by atoms with Crippen LogP contribution in [-0.2, 0) is 14.9 Å². The van der Waals surface area contributed by atoms with Crippen molar-refractivity contribution < 1.29 is 13.9 Å². The molecule has 0 radical (unpaired) electrons. The molecule has 1 aliphatic heterocycles. The van der Waals surface area contributed by atoms with E-state index in [-0.39, 0.29) is 17.7 Å². The number of halogens is 1. The van der Waals surface area contributed by atoms with E-state index in [0.29, 0.717) is 6.61 Å². The molecule has 3 rings (SSSR count). The molecule has 2 atom stereocenters. The van der Waals surface area contributed by atoms with E-state index < -0.39 is 5.41 Å². The zero-order valence-corrected chi connectivity index (χ0v) is 7.50. The van der Waals surface area contributed by atoms with Crippen molar-refractivity contribution >= 4 is 5.97 Å². The second-order valence-corrected chi connectivity index (χ2v) is 3.98. The van der Waals surface area contributed by atoms with Gasteiger partial charge in [-0.1, -0.05) is 12.1 Å². The summed E-state index contributed by atoms with van der Waals surface area (Å²) in [6, 6.07) is 6.26. The van der Waals surface area contributed by atoms with Crippen molar-refractivity contribution in [2.24, 2.45) is 5.92 Å². The van der Waals surface area contributed by atoms with E-state index >= 15 is 0 Å². The van der Waals surface area contributed by atoms with E-state index in [1.807, 2.05) is 0 Å². The third-order valence-electron chi connectivity index (χ3n) is 3.22. The molecule has 2 fully saturated rings. The van der Waals surface area contributed by atoms with Gasteiger partial charge in [-0.3, -0.25) is 4.79 Å². The molecule has 3 heteroatoms. The van der Waals surface area contributed by atoms with Gasteiger partial charge in [0.25, 0.3) is 0 Å². The van der Waals surface area contributed by atoms with E-state index in [4.69, 9.17) is 4.74 Å². The van der Waals surface area contributed by atoms with Crippen molar-refractivity contribution in [1.82, 2.24) is 0 Å². The highest BCUT2D eigenvalue weighted by molar-refractivity contribution is 5.89. The van der Waals surface area contributed by atoms with Gasteiger partial charge in [0.15, 0.2) is 0 Å². The smallest absolute Gasteiger partial charge is 0.317 e. The number of ether oxygens (including phenoxy) is 1. The minimum absolute atomic E-state index is 0.187. The zero-order valence-electron chi connectivity index (χ0n) is 7.50. The first kappa shape index (κ1) is 7.97. The van der Waals surface area contributed by atoms with Gasteiger partial charge in [-0.2, -0.15) is 0 Å². The Bertz CT molecular complexity index is 416. The summed E-state index contributed by atoms with van der Waals surface area (Å²) in [4.78, 5) is 11.5. The Hall–Kier alpha value is -1.38. The lowest BCUT2D eigenvalue weighted by molar-refractivity contribution is -0.142. The van der Waals surface area contributed by atoms with E-state index in [1.54, 1.807) is 12.1 Å². The summed E-state index contributed by atoms with van der Waals surface area (Å²) in [5.41, 5.74) is 0.271. The number of hydrogen-bond donors (Lipinski definition) is 0. The van der Waals surface area contributed by atoms with Crippen molar-refractivity contribution in [3.8, 4) is 0 Å². The third-order valence-corrected chi connectivity index (χ3v) is 3.22. The molecule has 1 saturated heterocycles. The number of carbonyl (C=O) groups excluding carboxylic acids is 1. The number of rotatable bonds is 1. The Morgan fingerprint density at radius 1 is 1.50 bits per heavy atom. The van der Waals surface area contributed by atoms with Crippen LogP contribution in [0.25, 0.3) is 0 Å². The van der Waals surface area contributed by atoms with Gasteiger partial charge in [-0.15, -0.1) is 0 Å². The van der Waals surface area contributed by atoms with Gasteiger partial charge in [-0.25, -0.2) is 4.39 Å². The summed E-state index contributed by atoms with van der Waals surface area (Å²) in [6.45, 7) is 0.495. The van der Waals surface area contributed by atoms with Crippen LogP contribution in [0.1, 0.15) is 12.0 Å². The lowest BCUT2D eigenvalue weighted by Gasteiger charge is -2.08. The Balaban J connectivity index is 2.08. The van der Waals surface area contributed by atoms with Crippen LogP contribution < -0.4 is 0 Å². The molecule has 1 heterocycles. The summed E-state index contributed by atoms with van der Waals surface area (Å²) in [5, 5.41) is 0. The van der Waals surface area contributed by atoms with Gasteiger partial charge in [0.2, 0.25) is 0 Å². The number of cyclic esters (lactones) is 1. The highest BCUT2D eigenvalue weighted by Crippen LogP contribution is 2.58. The maximum atomic E-state index is 13.0. The fourth-order valence-electron chi connectivity index (χ4n) is 2.32. The van der Waals surface area contributed by atoms with Crippen LogP contribution >= 0.6 is 0 Å². The molecule has 1 aliphatic carbocycles. The minimum Gasteiger partial charge on any atom is -0.465 e. The molecular formula is C11H9FO2. The van der Waals surface area contributed by atoms with Crippen molar-refractivity contribution in [3.63, 3.8) is 0 Å². The standard InChI is InChI=1S/C11H9FO2/c12-9-3-1-2-7(4-9)11-5-8(11)6-14-10(11)13/h1-4,8H,5-6H2/t8-,11-/m1/s1. The molecule has 1 aromatic rings. The number of esters is 1. The Labute approximate surface area is 80.7 Å². The van der Waals surface area contributed by atoms with E-state index in [2.05, 4.69) is 0 Å². The molecule has 14 heavy (non-hydrogen) atoms. The summed E-state index contributed by atoms with van der Waals surface area (Å²) < 4.78 is 17.9. The SMILES string of the molecule is O=C1OC[C@H]2C[C@]12c1cccc(F)c1.